The van der Waals surface area contributed by atoms with Crippen LogP contribution in [0.5, 0.6) is 22.4 Å². The van der Waals surface area contributed by atoms with E-state index in [1.165, 1.54) is 11.3 Å². The number of nitrogens with zero attached hydrogens (tertiary/aromatic N) is 3. The van der Waals surface area contributed by atoms with E-state index in [0.717, 1.165) is 27.2 Å². The molecule has 0 spiro atoms. The predicted molar refractivity (Wildman–Crippen MR) is 145 cm³/mol. The fraction of sp³-hybridized carbons (Fsp3) is 0.172. The number of hydrogen-bond donors (Lipinski definition) is 0. The lowest BCUT2D eigenvalue weighted by Crippen LogP contribution is -1.99. The number of hydrogen-bond acceptors (Lipinski definition) is 8. The highest BCUT2D eigenvalue weighted by Gasteiger charge is 2.17. The van der Waals surface area contributed by atoms with E-state index in [1.807, 2.05) is 85.9 Å². The third-order valence-corrected chi connectivity index (χ3v) is 6.73. The van der Waals surface area contributed by atoms with Gasteiger partial charge in [-0.2, -0.15) is 0 Å². The monoisotopic (exact) mass is 527 g/mol. The maximum Gasteiger partial charge on any atom is 0.294 e. The smallest absolute Gasteiger partial charge is 0.294 e. The maximum absolute atomic E-state index is 6.25. The summed E-state index contributed by atoms with van der Waals surface area (Å²) in [6.45, 7) is 3.35. The predicted octanol–water partition coefficient (Wildman–Crippen LogP) is 6.77. The Bertz CT molecular complexity index is 1660. The van der Waals surface area contributed by atoms with Crippen LogP contribution in [0.4, 0.5) is 0 Å². The van der Waals surface area contributed by atoms with Crippen LogP contribution >= 0.6 is 11.3 Å². The van der Waals surface area contributed by atoms with E-state index in [2.05, 4.69) is 10.1 Å². The number of methoxy groups -OCH3 is 1. The van der Waals surface area contributed by atoms with Crippen molar-refractivity contribution in [2.45, 2.75) is 20.1 Å². The Morgan fingerprint density at radius 1 is 0.868 bits per heavy atom. The standard InChI is InChI=1S/C29H25N3O5S/c1-3-34-29-31-32-16-24(30-28(32)38-29)27-15-23-25(13-22(33-2)14-26(23)37-27)36-18-20-10-7-11-21(12-20)35-17-19-8-5-4-6-9-19/h4-16H,3,17-18H2,1-2H3. The van der Waals surface area contributed by atoms with Crippen molar-refractivity contribution in [3.8, 4) is 33.9 Å². The first-order valence-electron chi connectivity index (χ1n) is 12.2. The molecule has 6 rings (SSSR count). The van der Waals surface area contributed by atoms with E-state index in [1.54, 1.807) is 11.6 Å². The zero-order valence-electron chi connectivity index (χ0n) is 20.9. The molecule has 0 radical (unpaired) electrons. The van der Waals surface area contributed by atoms with Crippen LogP contribution in [-0.4, -0.2) is 28.3 Å². The van der Waals surface area contributed by atoms with Crippen LogP contribution in [0.1, 0.15) is 18.1 Å². The Morgan fingerprint density at radius 3 is 2.53 bits per heavy atom. The molecule has 38 heavy (non-hydrogen) atoms. The van der Waals surface area contributed by atoms with E-state index in [-0.39, 0.29) is 0 Å². The van der Waals surface area contributed by atoms with Crippen LogP contribution in [0.15, 0.2) is 83.4 Å². The fourth-order valence-electron chi connectivity index (χ4n) is 4.06. The summed E-state index contributed by atoms with van der Waals surface area (Å²) in [6, 6.07) is 23.6. The van der Waals surface area contributed by atoms with Gasteiger partial charge in [-0.05, 0) is 47.6 Å². The zero-order valence-corrected chi connectivity index (χ0v) is 21.7. The number of ether oxygens (including phenoxy) is 4. The average molecular weight is 528 g/mol. The normalized spacial score (nSPS) is 11.2. The molecule has 192 valence electrons. The zero-order chi connectivity index (χ0) is 25.9. The van der Waals surface area contributed by atoms with Gasteiger partial charge < -0.3 is 23.4 Å². The Labute approximate surface area is 223 Å². The van der Waals surface area contributed by atoms with Gasteiger partial charge >= 0.3 is 0 Å². The molecule has 0 saturated carbocycles. The van der Waals surface area contributed by atoms with Crippen LogP contribution < -0.4 is 18.9 Å². The molecule has 0 atom stereocenters. The highest BCUT2D eigenvalue weighted by atomic mass is 32.1. The first-order valence-corrected chi connectivity index (χ1v) is 13.0. The molecule has 3 heterocycles. The molecule has 0 amide bonds. The third-order valence-electron chi connectivity index (χ3n) is 5.89. The number of imidazole rings is 1. The molecular weight excluding hydrogens is 502 g/mol. The molecule has 0 aliphatic carbocycles. The van der Waals surface area contributed by atoms with Crippen LogP contribution in [-0.2, 0) is 13.2 Å². The van der Waals surface area contributed by atoms with E-state index < -0.39 is 0 Å². The van der Waals surface area contributed by atoms with Gasteiger partial charge in [-0.25, -0.2) is 9.50 Å². The molecule has 9 heteroatoms. The summed E-state index contributed by atoms with van der Waals surface area (Å²) in [7, 11) is 1.62. The van der Waals surface area contributed by atoms with Crippen molar-refractivity contribution in [3.05, 3.63) is 90.1 Å². The highest BCUT2D eigenvalue weighted by molar-refractivity contribution is 7.18. The minimum absolute atomic E-state index is 0.357. The summed E-state index contributed by atoms with van der Waals surface area (Å²) in [5.74, 6) is 2.70. The molecule has 0 aliphatic rings. The van der Waals surface area contributed by atoms with Gasteiger partial charge in [-0.15, -0.1) is 5.10 Å². The minimum Gasteiger partial charge on any atom is -0.496 e. The number of furan rings is 1. The van der Waals surface area contributed by atoms with Crippen molar-refractivity contribution >= 4 is 27.3 Å². The number of rotatable bonds is 10. The van der Waals surface area contributed by atoms with Crippen molar-refractivity contribution < 1.29 is 23.4 Å². The van der Waals surface area contributed by atoms with Gasteiger partial charge in [0.1, 0.15) is 41.7 Å². The second-order valence-corrected chi connectivity index (χ2v) is 9.43. The molecule has 0 N–H and O–H groups in total. The summed E-state index contributed by atoms with van der Waals surface area (Å²) >= 11 is 1.38. The van der Waals surface area contributed by atoms with Crippen LogP contribution in [0.25, 0.3) is 27.4 Å². The second-order valence-electron chi connectivity index (χ2n) is 8.51. The number of benzene rings is 3. The Hall–Kier alpha value is -4.50. The van der Waals surface area contributed by atoms with Crippen LogP contribution in [0.2, 0.25) is 0 Å². The molecular formula is C29H25N3O5S. The Balaban J connectivity index is 1.22. The van der Waals surface area contributed by atoms with Gasteiger partial charge in [0.25, 0.3) is 5.19 Å². The molecule has 0 fully saturated rings. The Morgan fingerprint density at radius 2 is 1.71 bits per heavy atom. The summed E-state index contributed by atoms with van der Waals surface area (Å²) in [6.07, 6.45) is 1.82. The number of aromatic nitrogens is 3. The summed E-state index contributed by atoms with van der Waals surface area (Å²) in [5, 5.41) is 5.82. The maximum atomic E-state index is 6.25. The van der Waals surface area contributed by atoms with E-state index in [4.69, 9.17) is 23.4 Å². The molecule has 6 aromatic rings. The molecule has 8 nitrogen and oxygen atoms in total. The van der Waals surface area contributed by atoms with Crippen molar-refractivity contribution in [1.82, 2.24) is 14.6 Å². The van der Waals surface area contributed by atoms with Gasteiger partial charge in [0, 0.05) is 12.1 Å². The fourth-order valence-corrected chi connectivity index (χ4v) is 4.85. The molecule has 3 aromatic heterocycles. The van der Waals surface area contributed by atoms with Crippen molar-refractivity contribution in [2.24, 2.45) is 0 Å². The minimum atomic E-state index is 0.357. The lowest BCUT2D eigenvalue weighted by molar-refractivity contribution is 0.296. The number of fused-ring (bicyclic) bond motifs is 2. The lowest BCUT2D eigenvalue weighted by atomic mass is 10.2. The van der Waals surface area contributed by atoms with Gasteiger partial charge in [0.05, 0.1) is 25.3 Å². The molecule has 0 saturated heterocycles. The largest absolute Gasteiger partial charge is 0.496 e. The van der Waals surface area contributed by atoms with Gasteiger partial charge in [-0.1, -0.05) is 42.5 Å². The van der Waals surface area contributed by atoms with Crippen molar-refractivity contribution in [2.75, 3.05) is 13.7 Å². The first kappa shape index (κ1) is 23.9. The van der Waals surface area contributed by atoms with Gasteiger partial charge in [0.2, 0.25) is 4.96 Å². The van der Waals surface area contributed by atoms with Crippen molar-refractivity contribution in [3.63, 3.8) is 0 Å². The summed E-state index contributed by atoms with van der Waals surface area (Å²) in [5.41, 5.74) is 3.43. The van der Waals surface area contributed by atoms with Crippen molar-refractivity contribution in [1.29, 1.82) is 0 Å². The quantitative estimate of drug-likeness (QED) is 0.194. The third kappa shape index (κ3) is 5.01. The van der Waals surface area contributed by atoms with Crippen LogP contribution in [0, 0.1) is 0 Å². The second kappa shape index (κ2) is 10.5. The molecule has 0 aliphatic heterocycles. The molecule has 0 bridgehead atoms. The first-order chi connectivity index (χ1) is 18.7. The topological polar surface area (TPSA) is 80.3 Å². The molecule has 3 aromatic carbocycles. The average Bonchev–Trinajstić information content (AvgIpc) is 3.65. The summed E-state index contributed by atoms with van der Waals surface area (Å²) < 4.78 is 31.0. The Kier molecular flexibility index (Phi) is 6.58. The van der Waals surface area contributed by atoms with E-state index in [0.29, 0.717) is 53.6 Å². The molecule has 0 unspecified atom stereocenters. The van der Waals surface area contributed by atoms with E-state index >= 15 is 0 Å². The summed E-state index contributed by atoms with van der Waals surface area (Å²) in [4.78, 5) is 5.38. The van der Waals surface area contributed by atoms with E-state index in [9.17, 15) is 0 Å². The lowest BCUT2D eigenvalue weighted by Gasteiger charge is -2.11. The van der Waals surface area contributed by atoms with Gasteiger partial charge in [-0.3, -0.25) is 0 Å². The van der Waals surface area contributed by atoms with Gasteiger partial charge in [0.15, 0.2) is 5.76 Å². The SMILES string of the molecule is CCOc1nn2cc(-c3cc4c(OCc5cccc(OCc6ccccc6)c5)cc(OC)cc4o3)nc2s1. The highest BCUT2D eigenvalue weighted by Crippen LogP contribution is 2.37. The van der Waals surface area contributed by atoms with Crippen LogP contribution in [0.3, 0.4) is 0 Å².